The van der Waals surface area contributed by atoms with E-state index in [-0.39, 0.29) is 80.6 Å². The molecule has 0 N–H and O–H groups in total. The van der Waals surface area contributed by atoms with Crippen molar-refractivity contribution in [1.82, 2.24) is 0 Å². The zero-order valence-electron chi connectivity index (χ0n) is 57.7. The summed E-state index contributed by atoms with van der Waals surface area (Å²) in [5.74, 6) is -9.16. The quantitative estimate of drug-likeness (QED) is 0.0299. The lowest BCUT2D eigenvalue weighted by Crippen LogP contribution is -2.59. The smallest absolute Gasteiger partial charge is 0.422 e. The summed E-state index contributed by atoms with van der Waals surface area (Å²) >= 11 is 0. The van der Waals surface area contributed by atoms with Gasteiger partial charge in [0.05, 0.1) is 0 Å². The topological polar surface area (TPSA) is 237 Å². The number of hydrogen-bond acceptors (Lipinski definition) is 18. The van der Waals surface area contributed by atoms with Crippen LogP contribution < -0.4 is 23.7 Å². The van der Waals surface area contributed by atoms with Gasteiger partial charge in [0.25, 0.3) is 0 Å². The van der Waals surface area contributed by atoms with Crippen LogP contribution >= 0.6 is 0 Å². The lowest BCUT2D eigenvalue weighted by atomic mass is 9.49. The Kier molecular flexibility index (Phi) is 34.9. The van der Waals surface area contributed by atoms with Crippen LogP contribution in [0.3, 0.4) is 0 Å². The highest BCUT2D eigenvalue weighted by molar-refractivity contribution is 5.90. The first-order valence-corrected chi connectivity index (χ1v) is 31.7. The van der Waals surface area contributed by atoms with Crippen LogP contribution in [0, 0.1) is 23.7 Å². The summed E-state index contributed by atoms with van der Waals surface area (Å²) in [7, 11) is 0. The Morgan fingerprint density at radius 3 is 1.21 bits per heavy atom. The number of carbonyl (C=O) groups excluding carboxylic acids is 9. The minimum absolute atomic E-state index is 0.0109. The molecule has 0 saturated heterocycles. The lowest BCUT2D eigenvalue weighted by Gasteiger charge is -2.60. The van der Waals surface area contributed by atoms with Gasteiger partial charge in [0.1, 0.15) is 46.4 Å². The minimum atomic E-state index is -4.62. The van der Waals surface area contributed by atoms with Gasteiger partial charge in [0.2, 0.25) is 0 Å². The number of esters is 9. The number of halogens is 10. The molecule has 1 unspecified atom stereocenters. The Morgan fingerprint density at radius 1 is 0.465 bits per heavy atom. The molecule has 101 heavy (non-hydrogen) atoms. The largest absolute Gasteiger partial charge is 0.456 e. The van der Waals surface area contributed by atoms with E-state index < -0.39 is 85.6 Å². The number of hydrogen-bond donors (Lipinski definition) is 0. The Balaban J connectivity index is 0.000000417. The third-order valence-corrected chi connectivity index (χ3v) is 15.6. The summed E-state index contributed by atoms with van der Waals surface area (Å²) in [6.45, 7) is 33.6. The Hall–Kier alpha value is -9.37. The van der Waals surface area contributed by atoms with E-state index in [4.69, 9.17) is 18.9 Å². The fraction of sp³-hybridized carbons (Fsp3) is 0.466. The van der Waals surface area contributed by atoms with Crippen LogP contribution in [0.15, 0.2) is 152 Å². The molecule has 3 aromatic rings. The van der Waals surface area contributed by atoms with Crippen LogP contribution in [0.25, 0.3) is 0 Å². The Morgan fingerprint density at radius 2 is 0.851 bits per heavy atom. The van der Waals surface area contributed by atoms with Crippen molar-refractivity contribution in [3.8, 4) is 28.7 Å². The molecule has 0 radical (unpaired) electrons. The van der Waals surface area contributed by atoms with Gasteiger partial charge in [-0.2, -0.15) is 43.9 Å². The molecule has 0 aromatic heterocycles. The summed E-state index contributed by atoms with van der Waals surface area (Å²) in [4.78, 5) is 101. The van der Waals surface area contributed by atoms with E-state index in [9.17, 15) is 87.1 Å². The van der Waals surface area contributed by atoms with E-state index in [1.807, 2.05) is 0 Å². The van der Waals surface area contributed by atoms with Crippen LogP contribution in [-0.2, 0) is 62.1 Å². The number of rotatable bonds is 22. The van der Waals surface area contributed by atoms with Crippen molar-refractivity contribution < 1.29 is 130 Å². The van der Waals surface area contributed by atoms with Gasteiger partial charge in [-0.15, -0.1) is 0 Å². The summed E-state index contributed by atoms with van der Waals surface area (Å²) in [6, 6.07) is 17.6. The molecule has 8 rings (SSSR count). The molecule has 5 saturated carbocycles. The monoisotopic (exact) mass is 1440 g/mol. The van der Waals surface area contributed by atoms with Crippen molar-refractivity contribution in [3.63, 3.8) is 0 Å². The van der Waals surface area contributed by atoms with Gasteiger partial charge < -0.3 is 42.6 Å². The molecule has 0 spiro atoms. The molecule has 28 heteroatoms. The first-order chi connectivity index (χ1) is 46.8. The standard InChI is InChI=1S/C16H24O2.C15H16F2O4.C13H11F3O4.C12H10F2O4.C11H18O2.C6H7F3O2/c1-4-16(18-15(17)10(2)3)13-6-11-5-12(8-13)9-14(16)7-11;1-4-12(21-13(18)10(2)3)15(16,17)14(19)20-11-8-6-5-7-9-11;1-8(2)12(18)20-10-5-3-9(4-6-10)19-11(17)7-13(14,15)16;1-7(2)11(15)17-8-3-5-9(6-4-8)18-12(16)10(13)14;1-4-11(7-5-6-8-11)13-10(12)9(2)3;1-4(2)5(10)11-3-6(7,8)9/h11-14H,2,4-9H2,1,3H3;5-9,12H,2,4H2,1,3H3;3-6H,1,7H2,2H3;3-6,10H,1H2,2H3;2,4-8H2,1,3H3;1,3H2,2H3. The van der Waals surface area contributed by atoms with Gasteiger partial charge in [0, 0.05) is 33.4 Å². The maximum Gasteiger partial charge on any atom is 0.422 e. The third-order valence-electron chi connectivity index (χ3n) is 15.6. The molecule has 3 aromatic carbocycles. The summed E-state index contributed by atoms with van der Waals surface area (Å²) in [5, 5.41) is 0. The molecule has 0 aliphatic heterocycles. The van der Waals surface area contributed by atoms with Gasteiger partial charge in [-0.1, -0.05) is 78.4 Å². The molecular formula is C73H86F10O18. The highest BCUT2D eigenvalue weighted by atomic mass is 19.4. The number of benzene rings is 3. The second kappa shape index (κ2) is 40.2. The predicted octanol–water partition coefficient (Wildman–Crippen LogP) is 16.7. The third kappa shape index (κ3) is 30.6. The van der Waals surface area contributed by atoms with Gasteiger partial charge in [-0.05, 0) is 203 Å². The number of alkyl halides is 10. The fourth-order valence-electron chi connectivity index (χ4n) is 10.6. The van der Waals surface area contributed by atoms with Crippen molar-refractivity contribution in [2.75, 3.05) is 6.61 Å². The molecule has 5 aliphatic rings. The average Bonchev–Trinajstić information content (AvgIpc) is 0.978. The molecule has 18 nitrogen and oxygen atoms in total. The normalized spacial score (nSPS) is 18.3. The zero-order chi connectivity index (χ0) is 77.0. The molecule has 4 bridgehead atoms. The second-order valence-corrected chi connectivity index (χ2v) is 24.3. The number of ether oxygens (including phenoxy) is 9. The van der Waals surface area contributed by atoms with Crippen molar-refractivity contribution >= 4 is 53.7 Å². The van der Waals surface area contributed by atoms with E-state index in [1.54, 1.807) is 32.0 Å². The van der Waals surface area contributed by atoms with Crippen molar-refractivity contribution in [2.45, 2.75) is 188 Å². The van der Waals surface area contributed by atoms with Gasteiger partial charge in [-0.25, -0.2) is 38.4 Å². The van der Waals surface area contributed by atoms with Gasteiger partial charge in [0.15, 0.2) is 12.7 Å². The van der Waals surface area contributed by atoms with Crippen molar-refractivity contribution in [3.05, 3.63) is 152 Å². The molecule has 5 fully saturated rings. The van der Waals surface area contributed by atoms with E-state index in [0.29, 0.717) is 23.0 Å². The number of carbonyl (C=O) groups is 9. The maximum absolute atomic E-state index is 14.0. The van der Waals surface area contributed by atoms with E-state index >= 15 is 0 Å². The first kappa shape index (κ1) is 87.7. The SMILES string of the molecule is C=C(C)C(=O)OC(CC)C(F)(F)C(=O)Oc1ccccc1.C=C(C)C(=O)OC1(CC)C2CC3CC(C2)CC1C3.C=C(C)C(=O)OC1(CC)CCCC1.C=C(C)C(=O)OCC(F)(F)F.C=C(C)C(=O)Oc1ccc(OC(=O)C(F)F)cc1.C=C(C)C(=O)Oc1ccc(OC(=O)CC(F)(F)F)cc1. The van der Waals surface area contributed by atoms with Crippen LogP contribution in [-0.4, -0.2) is 102 Å². The molecule has 5 aliphatic carbocycles. The Bertz CT molecular complexity index is 3380. The minimum Gasteiger partial charge on any atom is -0.456 e. The van der Waals surface area contributed by atoms with E-state index in [1.165, 1.54) is 140 Å². The summed E-state index contributed by atoms with van der Waals surface area (Å²) < 4.78 is 165. The second-order valence-electron chi connectivity index (χ2n) is 24.3. The van der Waals surface area contributed by atoms with Crippen molar-refractivity contribution in [1.29, 1.82) is 0 Å². The molecule has 1 atom stereocenters. The van der Waals surface area contributed by atoms with E-state index in [2.05, 4.69) is 77.0 Å². The van der Waals surface area contributed by atoms with Gasteiger partial charge >= 0.3 is 78.4 Å². The zero-order valence-corrected chi connectivity index (χ0v) is 57.7. The molecular weight excluding hydrogens is 1350 g/mol. The molecule has 556 valence electrons. The van der Waals surface area contributed by atoms with E-state index in [0.717, 1.165) is 37.5 Å². The van der Waals surface area contributed by atoms with Gasteiger partial charge in [-0.3, -0.25) is 4.79 Å². The summed E-state index contributed by atoms with van der Waals surface area (Å²) in [5.41, 5.74) is 1.06. The number of para-hydroxylation sites is 1. The van der Waals surface area contributed by atoms with Crippen LogP contribution in [0.2, 0.25) is 0 Å². The fourth-order valence-corrected chi connectivity index (χ4v) is 10.6. The van der Waals surface area contributed by atoms with Crippen LogP contribution in [0.5, 0.6) is 28.7 Å². The average molecular weight is 1440 g/mol. The first-order valence-electron chi connectivity index (χ1n) is 31.7. The highest BCUT2D eigenvalue weighted by Crippen LogP contribution is 2.61. The van der Waals surface area contributed by atoms with Crippen LogP contribution in [0.1, 0.15) is 146 Å². The molecule has 0 heterocycles. The van der Waals surface area contributed by atoms with Crippen molar-refractivity contribution in [2.24, 2.45) is 23.7 Å². The van der Waals surface area contributed by atoms with Crippen LogP contribution in [0.4, 0.5) is 43.9 Å². The maximum atomic E-state index is 14.0. The Labute approximate surface area is 580 Å². The lowest BCUT2D eigenvalue weighted by molar-refractivity contribution is -0.207. The summed E-state index contributed by atoms with van der Waals surface area (Å²) in [6.07, 6.45) is -3.24. The highest BCUT2D eigenvalue weighted by Gasteiger charge is 2.59. The predicted molar refractivity (Wildman–Crippen MR) is 349 cm³/mol. The molecule has 0 amide bonds.